The van der Waals surface area contributed by atoms with Gasteiger partial charge in [0.1, 0.15) is 6.54 Å². The number of nitrogens with zero attached hydrogens (tertiary/aromatic N) is 4. The maximum Gasteiger partial charge on any atom is 0.195 e. The minimum absolute atomic E-state index is 0.429. The molecule has 1 aromatic heterocycles. The van der Waals surface area contributed by atoms with Crippen molar-refractivity contribution < 1.29 is 0 Å². The van der Waals surface area contributed by atoms with E-state index in [1.165, 1.54) is 25.7 Å². The van der Waals surface area contributed by atoms with Crippen LogP contribution in [-0.2, 0) is 6.54 Å². The number of rotatable bonds is 3. The Kier molecular flexibility index (Phi) is 2.71. The molecule has 0 aliphatic heterocycles. The molecule has 0 bridgehead atoms. The predicted molar refractivity (Wildman–Crippen MR) is 51.5 cm³/mol. The summed E-state index contributed by atoms with van der Waals surface area (Å²) in [5.41, 5.74) is 5.86. The van der Waals surface area contributed by atoms with E-state index in [1.807, 2.05) is 0 Å². The van der Waals surface area contributed by atoms with E-state index in [0.717, 1.165) is 5.84 Å². The lowest BCUT2D eigenvalue weighted by atomic mass is 10.1. The summed E-state index contributed by atoms with van der Waals surface area (Å²) in [4.78, 5) is 4.26. The van der Waals surface area contributed by atoms with Gasteiger partial charge in [0.15, 0.2) is 5.82 Å². The highest BCUT2D eigenvalue weighted by Gasteiger charge is 2.18. The van der Waals surface area contributed by atoms with Crippen molar-refractivity contribution in [2.75, 3.05) is 0 Å². The van der Waals surface area contributed by atoms with Gasteiger partial charge in [-0.05, 0) is 12.8 Å². The highest BCUT2D eigenvalue weighted by atomic mass is 15.5. The number of amidine groups is 1. The van der Waals surface area contributed by atoms with E-state index < -0.39 is 0 Å². The lowest BCUT2D eigenvalue weighted by Gasteiger charge is -2.06. The van der Waals surface area contributed by atoms with Gasteiger partial charge in [0.25, 0.3) is 0 Å². The van der Waals surface area contributed by atoms with Crippen LogP contribution in [-0.4, -0.2) is 26.5 Å². The Labute approximate surface area is 82.0 Å². The SMILES string of the molecule is NC(=NCc1nn[nH]n1)C1CCCC1. The van der Waals surface area contributed by atoms with Crippen molar-refractivity contribution in [1.29, 1.82) is 0 Å². The van der Waals surface area contributed by atoms with Gasteiger partial charge >= 0.3 is 0 Å². The van der Waals surface area contributed by atoms with E-state index in [4.69, 9.17) is 5.73 Å². The molecule has 2 rings (SSSR count). The van der Waals surface area contributed by atoms with Crippen LogP contribution in [0.25, 0.3) is 0 Å². The maximum atomic E-state index is 5.86. The lowest BCUT2D eigenvalue weighted by molar-refractivity contribution is 0.713. The number of aromatic amines is 1. The Hall–Kier alpha value is -1.46. The Morgan fingerprint density at radius 2 is 2.29 bits per heavy atom. The normalized spacial score (nSPS) is 19.0. The quantitative estimate of drug-likeness (QED) is 0.532. The fourth-order valence-electron chi connectivity index (χ4n) is 1.76. The fraction of sp³-hybridized carbons (Fsp3) is 0.750. The first kappa shape index (κ1) is 9.11. The standard InChI is InChI=1S/C8H14N6/c9-8(6-3-1-2-4-6)10-5-7-11-13-14-12-7/h6H,1-5H2,(H2,9,10)(H,11,12,13,14). The molecule has 76 valence electrons. The largest absolute Gasteiger partial charge is 0.387 e. The second kappa shape index (κ2) is 4.17. The summed E-state index contributed by atoms with van der Waals surface area (Å²) in [5.74, 6) is 1.81. The molecule has 0 unspecified atom stereocenters. The monoisotopic (exact) mass is 194 g/mol. The lowest BCUT2D eigenvalue weighted by Crippen LogP contribution is -2.21. The Bertz CT molecular complexity index is 298. The topological polar surface area (TPSA) is 92.8 Å². The molecule has 0 spiro atoms. The molecule has 1 aliphatic carbocycles. The summed E-state index contributed by atoms with van der Waals surface area (Å²) in [5, 5.41) is 13.4. The van der Waals surface area contributed by atoms with Crippen molar-refractivity contribution in [3.05, 3.63) is 5.82 Å². The van der Waals surface area contributed by atoms with Gasteiger partial charge in [-0.25, -0.2) is 0 Å². The smallest absolute Gasteiger partial charge is 0.195 e. The maximum absolute atomic E-state index is 5.86. The number of tetrazole rings is 1. The molecule has 1 saturated carbocycles. The summed E-state index contributed by atoms with van der Waals surface area (Å²) >= 11 is 0. The first-order valence-electron chi connectivity index (χ1n) is 4.88. The van der Waals surface area contributed by atoms with E-state index in [1.54, 1.807) is 0 Å². The van der Waals surface area contributed by atoms with Gasteiger partial charge in [-0.3, -0.25) is 4.99 Å². The van der Waals surface area contributed by atoms with Gasteiger partial charge < -0.3 is 5.73 Å². The summed E-state index contributed by atoms with van der Waals surface area (Å²) in [6.07, 6.45) is 4.87. The highest BCUT2D eigenvalue weighted by Crippen LogP contribution is 2.24. The zero-order valence-corrected chi connectivity index (χ0v) is 7.98. The van der Waals surface area contributed by atoms with Gasteiger partial charge in [-0.15, -0.1) is 10.2 Å². The zero-order valence-electron chi connectivity index (χ0n) is 7.98. The van der Waals surface area contributed by atoms with Crippen LogP contribution in [0.1, 0.15) is 31.5 Å². The first-order valence-corrected chi connectivity index (χ1v) is 4.88. The summed E-state index contributed by atoms with van der Waals surface area (Å²) in [6.45, 7) is 0.429. The van der Waals surface area contributed by atoms with E-state index in [0.29, 0.717) is 18.3 Å². The van der Waals surface area contributed by atoms with Crippen LogP contribution >= 0.6 is 0 Å². The van der Waals surface area contributed by atoms with E-state index >= 15 is 0 Å². The number of hydrogen-bond donors (Lipinski definition) is 2. The molecule has 1 aliphatic rings. The molecule has 1 fully saturated rings. The third kappa shape index (κ3) is 2.07. The Morgan fingerprint density at radius 1 is 1.50 bits per heavy atom. The molecule has 1 aromatic rings. The second-order valence-electron chi connectivity index (χ2n) is 3.55. The minimum Gasteiger partial charge on any atom is -0.387 e. The van der Waals surface area contributed by atoms with Crippen LogP contribution in [0.4, 0.5) is 0 Å². The summed E-state index contributed by atoms with van der Waals surface area (Å²) < 4.78 is 0. The fourth-order valence-corrected chi connectivity index (χ4v) is 1.76. The van der Waals surface area contributed by atoms with Gasteiger partial charge in [0, 0.05) is 5.92 Å². The van der Waals surface area contributed by atoms with Crippen molar-refractivity contribution in [2.24, 2.45) is 16.6 Å². The number of aromatic nitrogens is 4. The van der Waals surface area contributed by atoms with Crippen molar-refractivity contribution in [1.82, 2.24) is 20.6 Å². The zero-order chi connectivity index (χ0) is 9.80. The van der Waals surface area contributed by atoms with E-state index in [-0.39, 0.29) is 0 Å². The number of H-pyrrole nitrogens is 1. The highest BCUT2D eigenvalue weighted by molar-refractivity contribution is 5.82. The molecular weight excluding hydrogens is 180 g/mol. The molecule has 0 radical (unpaired) electrons. The molecule has 14 heavy (non-hydrogen) atoms. The van der Waals surface area contributed by atoms with Gasteiger partial charge in [0.2, 0.25) is 0 Å². The molecule has 1 heterocycles. The van der Waals surface area contributed by atoms with Crippen LogP contribution in [0.2, 0.25) is 0 Å². The molecule has 0 aromatic carbocycles. The Balaban J connectivity index is 1.90. The third-order valence-electron chi connectivity index (χ3n) is 2.57. The van der Waals surface area contributed by atoms with Crippen molar-refractivity contribution in [3.63, 3.8) is 0 Å². The number of hydrogen-bond acceptors (Lipinski definition) is 4. The van der Waals surface area contributed by atoms with Crippen LogP contribution in [0.5, 0.6) is 0 Å². The summed E-state index contributed by atoms with van der Waals surface area (Å²) in [6, 6.07) is 0. The number of aliphatic imine (C=N–C) groups is 1. The number of nitrogens with two attached hydrogens (primary N) is 1. The van der Waals surface area contributed by atoms with E-state index in [9.17, 15) is 0 Å². The van der Waals surface area contributed by atoms with Crippen LogP contribution in [0.3, 0.4) is 0 Å². The molecule has 0 amide bonds. The average Bonchev–Trinajstić information content (AvgIpc) is 2.87. The molecular formula is C8H14N6. The summed E-state index contributed by atoms with van der Waals surface area (Å²) in [7, 11) is 0. The van der Waals surface area contributed by atoms with Gasteiger partial charge in [0.05, 0.1) is 5.84 Å². The molecule has 0 atom stereocenters. The minimum atomic E-state index is 0.429. The molecule has 6 heteroatoms. The van der Waals surface area contributed by atoms with Crippen LogP contribution < -0.4 is 5.73 Å². The Morgan fingerprint density at radius 3 is 2.93 bits per heavy atom. The van der Waals surface area contributed by atoms with Crippen LogP contribution in [0, 0.1) is 5.92 Å². The first-order chi connectivity index (χ1) is 6.86. The third-order valence-corrected chi connectivity index (χ3v) is 2.57. The second-order valence-corrected chi connectivity index (χ2v) is 3.55. The van der Waals surface area contributed by atoms with Gasteiger partial charge in [-0.1, -0.05) is 18.1 Å². The van der Waals surface area contributed by atoms with Crippen molar-refractivity contribution >= 4 is 5.84 Å². The van der Waals surface area contributed by atoms with Crippen molar-refractivity contribution in [2.45, 2.75) is 32.2 Å². The van der Waals surface area contributed by atoms with Crippen molar-refractivity contribution in [3.8, 4) is 0 Å². The van der Waals surface area contributed by atoms with Gasteiger partial charge in [-0.2, -0.15) is 5.21 Å². The molecule has 0 saturated heterocycles. The van der Waals surface area contributed by atoms with Crippen LogP contribution in [0.15, 0.2) is 4.99 Å². The molecule has 6 nitrogen and oxygen atoms in total. The van der Waals surface area contributed by atoms with E-state index in [2.05, 4.69) is 25.6 Å². The number of nitrogens with one attached hydrogen (secondary N) is 1. The molecule has 3 N–H and O–H groups in total. The predicted octanol–water partition coefficient (Wildman–Crippen LogP) is 0.247. The average molecular weight is 194 g/mol.